The van der Waals surface area contributed by atoms with Gasteiger partial charge in [0, 0.05) is 11.6 Å². The van der Waals surface area contributed by atoms with Crippen LogP contribution >= 0.6 is 0 Å². The highest BCUT2D eigenvalue weighted by atomic mass is 16.5. The Hall–Kier alpha value is -1.02. The lowest BCUT2D eigenvalue weighted by Crippen LogP contribution is -2.20. The molecule has 0 aliphatic carbocycles. The van der Waals surface area contributed by atoms with E-state index in [4.69, 9.17) is 10.5 Å². The molecule has 2 nitrogen and oxygen atoms in total. The van der Waals surface area contributed by atoms with Crippen molar-refractivity contribution in [3.63, 3.8) is 0 Å². The molecule has 1 aromatic carbocycles. The molecule has 2 atom stereocenters. The van der Waals surface area contributed by atoms with E-state index in [1.807, 2.05) is 13.0 Å². The van der Waals surface area contributed by atoms with Crippen molar-refractivity contribution < 1.29 is 4.74 Å². The Morgan fingerprint density at radius 1 is 1.29 bits per heavy atom. The molecule has 1 rings (SSSR count). The first-order valence-electron chi connectivity index (χ1n) is 6.59. The summed E-state index contributed by atoms with van der Waals surface area (Å²) in [5, 5.41) is 0. The third kappa shape index (κ3) is 3.74. The van der Waals surface area contributed by atoms with Crippen LogP contribution in [0.3, 0.4) is 0 Å². The van der Waals surface area contributed by atoms with Crippen LogP contribution in [0.5, 0.6) is 5.75 Å². The van der Waals surface area contributed by atoms with Crippen molar-refractivity contribution in [1.29, 1.82) is 0 Å². The Labute approximate surface area is 105 Å². The molecule has 17 heavy (non-hydrogen) atoms. The molecule has 0 saturated heterocycles. The van der Waals surface area contributed by atoms with Gasteiger partial charge in [-0.2, -0.15) is 0 Å². The maximum atomic E-state index is 6.34. The third-order valence-corrected chi connectivity index (χ3v) is 3.18. The number of hydrogen-bond acceptors (Lipinski definition) is 2. The molecule has 0 bridgehead atoms. The van der Waals surface area contributed by atoms with Gasteiger partial charge < -0.3 is 10.5 Å². The molecule has 0 aliphatic rings. The van der Waals surface area contributed by atoms with E-state index in [-0.39, 0.29) is 6.04 Å². The van der Waals surface area contributed by atoms with Gasteiger partial charge in [0.05, 0.1) is 6.61 Å². The monoisotopic (exact) mass is 235 g/mol. The first-order chi connectivity index (χ1) is 8.10. The number of nitrogens with two attached hydrogens (primary N) is 1. The van der Waals surface area contributed by atoms with Crippen LogP contribution in [0.2, 0.25) is 0 Å². The third-order valence-electron chi connectivity index (χ3n) is 3.18. The summed E-state index contributed by atoms with van der Waals surface area (Å²) in [5.74, 6) is 1.43. The van der Waals surface area contributed by atoms with Crippen LogP contribution in [0.4, 0.5) is 0 Å². The molecule has 0 spiro atoms. The first kappa shape index (κ1) is 14.0. The summed E-state index contributed by atoms with van der Waals surface area (Å²) in [7, 11) is 0. The minimum atomic E-state index is 0.0661. The van der Waals surface area contributed by atoms with Gasteiger partial charge in [-0.05, 0) is 32.3 Å². The molecular weight excluding hydrogens is 210 g/mol. The number of benzene rings is 1. The smallest absolute Gasteiger partial charge is 0.124 e. The summed E-state index contributed by atoms with van der Waals surface area (Å²) in [5.41, 5.74) is 8.73. The maximum Gasteiger partial charge on any atom is 0.124 e. The number of hydrogen-bond donors (Lipinski definition) is 1. The zero-order valence-electron chi connectivity index (χ0n) is 11.5. The standard InChI is InChI=1S/C15H25NO/c1-5-7-12(4)15(16)13-10-11(3)8-9-14(13)17-6-2/h8-10,12,15H,5-7,16H2,1-4H3. The van der Waals surface area contributed by atoms with E-state index in [2.05, 4.69) is 32.9 Å². The molecule has 0 aliphatic heterocycles. The Kier molecular flexibility index (Phi) is 5.49. The van der Waals surface area contributed by atoms with Crippen LogP contribution in [0, 0.1) is 12.8 Å². The quantitative estimate of drug-likeness (QED) is 0.813. The largest absolute Gasteiger partial charge is 0.494 e. The van der Waals surface area contributed by atoms with E-state index in [1.165, 1.54) is 12.0 Å². The summed E-state index contributed by atoms with van der Waals surface area (Å²) >= 11 is 0. The van der Waals surface area contributed by atoms with E-state index < -0.39 is 0 Å². The molecule has 0 heterocycles. The van der Waals surface area contributed by atoms with Crippen molar-refractivity contribution in [2.24, 2.45) is 11.7 Å². The molecule has 0 fully saturated rings. The van der Waals surface area contributed by atoms with Crippen molar-refractivity contribution in [1.82, 2.24) is 0 Å². The van der Waals surface area contributed by atoms with Crippen LogP contribution in [0.1, 0.15) is 50.8 Å². The van der Waals surface area contributed by atoms with Gasteiger partial charge in [0.2, 0.25) is 0 Å². The van der Waals surface area contributed by atoms with Crippen molar-refractivity contribution in [2.75, 3.05) is 6.61 Å². The van der Waals surface area contributed by atoms with Crippen LogP contribution in [0.15, 0.2) is 18.2 Å². The van der Waals surface area contributed by atoms with Crippen LogP contribution in [-0.4, -0.2) is 6.61 Å². The Morgan fingerprint density at radius 2 is 2.00 bits per heavy atom. The summed E-state index contributed by atoms with van der Waals surface area (Å²) < 4.78 is 5.66. The fourth-order valence-corrected chi connectivity index (χ4v) is 2.16. The Balaban J connectivity index is 2.96. The Morgan fingerprint density at radius 3 is 2.59 bits per heavy atom. The van der Waals surface area contributed by atoms with Gasteiger partial charge in [-0.15, -0.1) is 0 Å². The number of rotatable bonds is 6. The normalized spacial score (nSPS) is 14.4. The molecular formula is C15H25NO. The molecule has 2 unspecified atom stereocenters. The lowest BCUT2D eigenvalue weighted by molar-refractivity contribution is 0.326. The fourth-order valence-electron chi connectivity index (χ4n) is 2.16. The van der Waals surface area contributed by atoms with E-state index in [9.17, 15) is 0 Å². The first-order valence-corrected chi connectivity index (χ1v) is 6.59. The Bertz CT molecular complexity index is 349. The molecule has 1 aromatic rings. The molecule has 0 amide bonds. The van der Waals surface area contributed by atoms with Crippen molar-refractivity contribution in [3.8, 4) is 5.75 Å². The highest BCUT2D eigenvalue weighted by Crippen LogP contribution is 2.31. The SMILES string of the molecule is CCCC(C)C(N)c1cc(C)ccc1OCC. The van der Waals surface area contributed by atoms with Crippen molar-refractivity contribution >= 4 is 0 Å². The van der Waals surface area contributed by atoms with Gasteiger partial charge in [0.15, 0.2) is 0 Å². The molecule has 0 aromatic heterocycles. The van der Waals surface area contributed by atoms with E-state index in [0.29, 0.717) is 12.5 Å². The summed E-state index contributed by atoms with van der Waals surface area (Å²) in [6, 6.07) is 6.33. The van der Waals surface area contributed by atoms with E-state index >= 15 is 0 Å². The predicted molar refractivity (Wildman–Crippen MR) is 73.3 cm³/mol. The van der Waals surface area contributed by atoms with Gasteiger partial charge in [-0.3, -0.25) is 0 Å². The second kappa shape index (κ2) is 6.65. The molecule has 0 radical (unpaired) electrons. The zero-order valence-corrected chi connectivity index (χ0v) is 11.5. The van der Waals surface area contributed by atoms with Crippen LogP contribution in [-0.2, 0) is 0 Å². The van der Waals surface area contributed by atoms with Gasteiger partial charge in [0.1, 0.15) is 5.75 Å². The van der Waals surface area contributed by atoms with Gasteiger partial charge in [-0.1, -0.05) is 38.0 Å². The van der Waals surface area contributed by atoms with Crippen molar-refractivity contribution in [3.05, 3.63) is 29.3 Å². The number of aryl methyl sites for hydroxylation is 1. The lowest BCUT2D eigenvalue weighted by atomic mass is 9.90. The summed E-state index contributed by atoms with van der Waals surface area (Å²) in [6.45, 7) is 9.20. The minimum Gasteiger partial charge on any atom is -0.494 e. The minimum absolute atomic E-state index is 0.0661. The molecule has 96 valence electrons. The maximum absolute atomic E-state index is 6.34. The fraction of sp³-hybridized carbons (Fsp3) is 0.600. The van der Waals surface area contributed by atoms with E-state index in [0.717, 1.165) is 17.7 Å². The number of ether oxygens (including phenoxy) is 1. The molecule has 0 saturated carbocycles. The lowest BCUT2D eigenvalue weighted by Gasteiger charge is -2.22. The second-order valence-corrected chi connectivity index (χ2v) is 4.77. The second-order valence-electron chi connectivity index (χ2n) is 4.77. The molecule has 2 N–H and O–H groups in total. The average molecular weight is 235 g/mol. The summed E-state index contributed by atoms with van der Waals surface area (Å²) in [4.78, 5) is 0. The van der Waals surface area contributed by atoms with Crippen LogP contribution in [0.25, 0.3) is 0 Å². The average Bonchev–Trinajstić information content (AvgIpc) is 2.31. The predicted octanol–water partition coefficient (Wildman–Crippen LogP) is 3.83. The van der Waals surface area contributed by atoms with Gasteiger partial charge >= 0.3 is 0 Å². The highest BCUT2D eigenvalue weighted by Gasteiger charge is 2.18. The topological polar surface area (TPSA) is 35.2 Å². The van der Waals surface area contributed by atoms with Crippen molar-refractivity contribution in [2.45, 2.75) is 46.6 Å². The van der Waals surface area contributed by atoms with Gasteiger partial charge in [0.25, 0.3) is 0 Å². The summed E-state index contributed by atoms with van der Waals surface area (Å²) in [6.07, 6.45) is 2.32. The highest BCUT2D eigenvalue weighted by molar-refractivity contribution is 5.39. The van der Waals surface area contributed by atoms with Crippen LogP contribution < -0.4 is 10.5 Å². The van der Waals surface area contributed by atoms with Gasteiger partial charge in [-0.25, -0.2) is 0 Å². The van der Waals surface area contributed by atoms with E-state index in [1.54, 1.807) is 0 Å². The zero-order chi connectivity index (χ0) is 12.8. The molecule has 2 heteroatoms.